The van der Waals surface area contributed by atoms with E-state index in [1.807, 2.05) is 14.1 Å². The molecule has 0 fully saturated rings. The highest BCUT2D eigenvalue weighted by atomic mass is 16.5. The van der Waals surface area contributed by atoms with E-state index in [1.165, 1.54) is 30.4 Å². The highest BCUT2D eigenvalue weighted by Crippen LogP contribution is 2.26. The molecule has 1 aliphatic rings. The van der Waals surface area contributed by atoms with Crippen LogP contribution < -0.4 is 10.5 Å². The van der Waals surface area contributed by atoms with Crippen molar-refractivity contribution >= 4 is 0 Å². The van der Waals surface area contributed by atoms with Crippen molar-refractivity contribution in [3.63, 3.8) is 0 Å². The molecule has 2 rings (SSSR count). The van der Waals surface area contributed by atoms with Gasteiger partial charge in [0.2, 0.25) is 0 Å². The van der Waals surface area contributed by atoms with Gasteiger partial charge >= 0.3 is 0 Å². The molecule has 0 saturated heterocycles. The topological polar surface area (TPSA) is 38.5 Å². The molecule has 3 nitrogen and oxygen atoms in total. The van der Waals surface area contributed by atoms with Gasteiger partial charge in [0.15, 0.2) is 0 Å². The SMILES string of the molecule is CN(C)CC(N)CCOc1ccc2c(c1)CCC2. The van der Waals surface area contributed by atoms with Crippen LogP contribution in [-0.2, 0) is 12.8 Å². The van der Waals surface area contributed by atoms with Gasteiger partial charge in [0, 0.05) is 12.6 Å². The molecule has 0 spiro atoms. The second-order valence-electron chi connectivity index (χ2n) is 5.44. The minimum atomic E-state index is 0.189. The normalized spacial score (nSPS) is 15.8. The largest absolute Gasteiger partial charge is 0.494 e. The number of nitrogens with two attached hydrogens (primary N) is 1. The van der Waals surface area contributed by atoms with Crippen molar-refractivity contribution in [1.82, 2.24) is 4.90 Å². The summed E-state index contributed by atoms with van der Waals surface area (Å²) in [6.07, 6.45) is 4.61. The monoisotopic (exact) mass is 248 g/mol. The Hall–Kier alpha value is -1.06. The molecule has 0 bridgehead atoms. The maximum atomic E-state index is 6.01. The van der Waals surface area contributed by atoms with Crippen molar-refractivity contribution in [2.45, 2.75) is 31.7 Å². The lowest BCUT2D eigenvalue weighted by atomic mass is 10.1. The molecule has 0 heterocycles. The first kappa shape index (κ1) is 13.4. The molecule has 3 heteroatoms. The first-order valence-electron chi connectivity index (χ1n) is 6.80. The van der Waals surface area contributed by atoms with Gasteiger partial charge in [0.25, 0.3) is 0 Å². The minimum absolute atomic E-state index is 0.189. The van der Waals surface area contributed by atoms with Crippen LogP contribution in [0.2, 0.25) is 0 Å². The van der Waals surface area contributed by atoms with Gasteiger partial charge in [0.1, 0.15) is 5.75 Å². The van der Waals surface area contributed by atoms with Gasteiger partial charge in [-0.1, -0.05) is 6.07 Å². The summed E-state index contributed by atoms with van der Waals surface area (Å²) in [5, 5.41) is 0. The lowest BCUT2D eigenvalue weighted by Crippen LogP contribution is -2.34. The molecule has 0 aliphatic heterocycles. The summed E-state index contributed by atoms with van der Waals surface area (Å²) in [6.45, 7) is 1.61. The molecular weight excluding hydrogens is 224 g/mol. The highest BCUT2D eigenvalue weighted by Gasteiger charge is 2.11. The Bertz CT molecular complexity index is 390. The van der Waals surface area contributed by atoms with Crippen molar-refractivity contribution in [2.75, 3.05) is 27.2 Å². The van der Waals surface area contributed by atoms with Crippen molar-refractivity contribution in [2.24, 2.45) is 5.73 Å². The third-order valence-electron chi connectivity index (χ3n) is 3.43. The van der Waals surface area contributed by atoms with Crippen molar-refractivity contribution < 1.29 is 4.74 Å². The van der Waals surface area contributed by atoms with E-state index in [2.05, 4.69) is 23.1 Å². The van der Waals surface area contributed by atoms with E-state index in [-0.39, 0.29) is 6.04 Å². The van der Waals surface area contributed by atoms with Crippen LogP contribution >= 0.6 is 0 Å². The summed E-state index contributed by atoms with van der Waals surface area (Å²) in [6, 6.07) is 6.67. The van der Waals surface area contributed by atoms with Crippen LogP contribution in [0.1, 0.15) is 24.0 Å². The number of fused-ring (bicyclic) bond motifs is 1. The van der Waals surface area contributed by atoms with Crippen LogP contribution in [0, 0.1) is 0 Å². The van der Waals surface area contributed by atoms with Crippen LogP contribution in [0.25, 0.3) is 0 Å². The molecule has 100 valence electrons. The molecule has 2 N–H and O–H groups in total. The molecule has 1 atom stereocenters. The third kappa shape index (κ3) is 3.72. The number of likely N-dealkylation sites (N-methyl/N-ethyl adjacent to an activating group) is 1. The highest BCUT2D eigenvalue weighted by molar-refractivity contribution is 5.38. The number of aryl methyl sites for hydroxylation is 2. The van der Waals surface area contributed by atoms with Gasteiger partial charge in [-0.25, -0.2) is 0 Å². The Balaban J connectivity index is 1.77. The number of ether oxygens (including phenoxy) is 1. The molecule has 18 heavy (non-hydrogen) atoms. The third-order valence-corrected chi connectivity index (χ3v) is 3.43. The van der Waals surface area contributed by atoms with Gasteiger partial charge in [-0.3, -0.25) is 0 Å². The van der Waals surface area contributed by atoms with E-state index in [0.29, 0.717) is 6.61 Å². The first-order valence-corrected chi connectivity index (χ1v) is 6.80. The number of hydrogen-bond donors (Lipinski definition) is 1. The standard InChI is InChI=1S/C15H24N2O/c1-17(2)11-14(16)8-9-18-15-7-6-12-4-3-5-13(12)10-15/h6-7,10,14H,3-5,8-9,11,16H2,1-2H3. The summed E-state index contributed by atoms with van der Waals surface area (Å²) in [5.74, 6) is 0.993. The summed E-state index contributed by atoms with van der Waals surface area (Å²) in [5.41, 5.74) is 8.96. The van der Waals surface area contributed by atoms with Gasteiger partial charge in [-0.15, -0.1) is 0 Å². The average molecular weight is 248 g/mol. The molecule has 1 aromatic rings. The van der Waals surface area contributed by atoms with Crippen LogP contribution in [0.5, 0.6) is 5.75 Å². The zero-order valence-corrected chi connectivity index (χ0v) is 11.5. The Morgan fingerprint density at radius 3 is 2.83 bits per heavy atom. The summed E-state index contributed by atoms with van der Waals surface area (Å²) >= 11 is 0. The van der Waals surface area contributed by atoms with Crippen LogP contribution in [0.3, 0.4) is 0 Å². The molecule has 1 aliphatic carbocycles. The first-order chi connectivity index (χ1) is 8.65. The van der Waals surface area contributed by atoms with Gasteiger partial charge < -0.3 is 15.4 Å². The number of nitrogens with zero attached hydrogens (tertiary/aromatic N) is 1. The Morgan fingerprint density at radius 1 is 1.28 bits per heavy atom. The Morgan fingerprint density at radius 2 is 2.06 bits per heavy atom. The summed E-state index contributed by atoms with van der Waals surface area (Å²) < 4.78 is 5.78. The second kappa shape index (κ2) is 6.21. The lowest BCUT2D eigenvalue weighted by Gasteiger charge is -2.17. The minimum Gasteiger partial charge on any atom is -0.494 e. The van der Waals surface area contributed by atoms with Crippen LogP contribution in [0.15, 0.2) is 18.2 Å². The second-order valence-corrected chi connectivity index (χ2v) is 5.44. The average Bonchev–Trinajstić information content (AvgIpc) is 2.75. The number of rotatable bonds is 6. The fourth-order valence-electron chi connectivity index (χ4n) is 2.53. The summed E-state index contributed by atoms with van der Waals surface area (Å²) in [7, 11) is 4.09. The fourth-order valence-corrected chi connectivity index (χ4v) is 2.53. The van der Waals surface area contributed by atoms with Crippen molar-refractivity contribution in [1.29, 1.82) is 0 Å². The zero-order valence-electron chi connectivity index (χ0n) is 11.5. The molecule has 0 aromatic heterocycles. The Kier molecular flexibility index (Phi) is 4.61. The van der Waals surface area contributed by atoms with Gasteiger partial charge in [-0.2, -0.15) is 0 Å². The quantitative estimate of drug-likeness (QED) is 0.835. The summed E-state index contributed by atoms with van der Waals surface area (Å²) in [4.78, 5) is 2.11. The maximum absolute atomic E-state index is 6.01. The van der Waals surface area contributed by atoms with E-state index in [1.54, 1.807) is 0 Å². The van der Waals surface area contributed by atoms with Gasteiger partial charge in [-0.05, 0) is 63.0 Å². The van der Waals surface area contributed by atoms with Crippen LogP contribution in [0.4, 0.5) is 0 Å². The van der Waals surface area contributed by atoms with E-state index in [4.69, 9.17) is 10.5 Å². The molecule has 0 saturated carbocycles. The predicted molar refractivity (Wildman–Crippen MR) is 75.1 cm³/mol. The molecular formula is C15H24N2O. The Labute approximate surface area is 110 Å². The van der Waals surface area contributed by atoms with E-state index in [0.717, 1.165) is 18.7 Å². The molecule has 1 unspecified atom stereocenters. The van der Waals surface area contributed by atoms with Crippen molar-refractivity contribution in [3.8, 4) is 5.75 Å². The van der Waals surface area contributed by atoms with Crippen molar-refractivity contribution in [3.05, 3.63) is 29.3 Å². The number of hydrogen-bond acceptors (Lipinski definition) is 3. The van der Waals surface area contributed by atoms with Crippen LogP contribution in [-0.4, -0.2) is 38.2 Å². The van der Waals surface area contributed by atoms with E-state index >= 15 is 0 Å². The van der Waals surface area contributed by atoms with Gasteiger partial charge in [0.05, 0.1) is 6.61 Å². The predicted octanol–water partition coefficient (Wildman–Crippen LogP) is 1.83. The molecule has 1 aromatic carbocycles. The van der Waals surface area contributed by atoms with E-state index < -0.39 is 0 Å². The maximum Gasteiger partial charge on any atom is 0.119 e. The molecule has 0 radical (unpaired) electrons. The van der Waals surface area contributed by atoms with E-state index in [9.17, 15) is 0 Å². The zero-order chi connectivity index (χ0) is 13.0. The smallest absolute Gasteiger partial charge is 0.119 e. The lowest BCUT2D eigenvalue weighted by molar-refractivity contribution is 0.277. The number of benzene rings is 1. The molecule has 0 amide bonds. The fraction of sp³-hybridized carbons (Fsp3) is 0.600.